The Labute approximate surface area is 230 Å². The van der Waals surface area contributed by atoms with Crippen molar-refractivity contribution in [1.82, 2.24) is 14.5 Å². The normalized spacial score (nSPS) is 11.9. The van der Waals surface area contributed by atoms with Gasteiger partial charge in [0, 0.05) is 14.6 Å². The molecule has 0 spiro atoms. The van der Waals surface area contributed by atoms with Gasteiger partial charge < -0.3 is 14.6 Å². The molecule has 0 aliphatic heterocycles. The first kappa shape index (κ1) is 25.0. The third-order valence-corrected chi connectivity index (χ3v) is 7.05. The number of fused-ring (bicyclic) bond motifs is 1. The van der Waals surface area contributed by atoms with Crippen molar-refractivity contribution >= 4 is 54.5 Å². The average Bonchev–Trinajstić information content (AvgIpc) is 3.42. The molecule has 1 unspecified atom stereocenters. The van der Waals surface area contributed by atoms with E-state index in [4.69, 9.17) is 9.40 Å². The molecule has 5 aromatic rings. The summed E-state index contributed by atoms with van der Waals surface area (Å²) in [5.74, 6) is 1.04. The van der Waals surface area contributed by atoms with Crippen LogP contribution in [0.4, 0.5) is 10.5 Å². The van der Waals surface area contributed by atoms with Crippen molar-refractivity contribution in [3.63, 3.8) is 0 Å². The van der Waals surface area contributed by atoms with Crippen molar-refractivity contribution in [3.05, 3.63) is 122 Å². The highest BCUT2D eigenvalue weighted by Crippen LogP contribution is 2.26. The zero-order chi connectivity index (χ0) is 25.9. The first-order valence-corrected chi connectivity index (χ1v) is 13.1. The van der Waals surface area contributed by atoms with Gasteiger partial charge in [-0.2, -0.15) is 0 Å². The highest BCUT2D eigenvalue weighted by molar-refractivity contribution is 9.10. The average molecular weight is 622 g/mol. The van der Waals surface area contributed by atoms with E-state index in [0.29, 0.717) is 33.9 Å². The van der Waals surface area contributed by atoms with Gasteiger partial charge in [-0.3, -0.25) is 9.36 Å². The molecule has 7 nitrogen and oxygen atoms in total. The minimum atomic E-state index is -0.596. The maximum atomic E-state index is 13.7. The molecule has 9 heteroatoms. The molecular weight excluding hydrogens is 600 g/mol. The Morgan fingerprint density at radius 1 is 0.973 bits per heavy atom. The Morgan fingerprint density at radius 2 is 1.65 bits per heavy atom. The lowest BCUT2D eigenvalue weighted by molar-refractivity contribution is 0.179. The smallest absolute Gasteiger partial charge is 0.322 e. The summed E-state index contributed by atoms with van der Waals surface area (Å²) in [5.41, 5.74) is 1.65. The molecule has 2 aromatic heterocycles. The number of anilines is 1. The van der Waals surface area contributed by atoms with Crippen LogP contribution in [0.15, 0.2) is 109 Å². The number of hydrogen-bond acceptors (Lipinski definition) is 4. The van der Waals surface area contributed by atoms with Gasteiger partial charge in [-0.25, -0.2) is 9.78 Å². The van der Waals surface area contributed by atoms with Gasteiger partial charge in [0.25, 0.3) is 5.56 Å². The predicted molar refractivity (Wildman–Crippen MR) is 151 cm³/mol. The first-order valence-electron chi connectivity index (χ1n) is 11.5. The lowest BCUT2D eigenvalue weighted by Crippen LogP contribution is -2.39. The number of urea groups is 1. The number of nitrogens with zero attached hydrogens (tertiary/aromatic N) is 3. The van der Waals surface area contributed by atoms with Crippen LogP contribution in [-0.2, 0) is 6.54 Å². The Bertz CT molecular complexity index is 1600. The summed E-state index contributed by atoms with van der Waals surface area (Å²) in [7, 11) is 0. The lowest BCUT2D eigenvalue weighted by atomic mass is 10.2. The summed E-state index contributed by atoms with van der Waals surface area (Å²) < 4.78 is 8.93. The highest BCUT2D eigenvalue weighted by Gasteiger charge is 2.28. The Balaban J connectivity index is 1.63. The second kappa shape index (κ2) is 10.7. The standard InChI is InChI=1S/C28H22Br2N4O3/c1-18(33(17-23-5-4-16-37-23)28(36)31-21-12-8-19(29)9-13-21)26-32-25-7-3-2-6-24(25)27(35)34(26)22-14-10-20(30)11-15-22/h2-16,18H,17H2,1H3,(H,31,36). The van der Waals surface area contributed by atoms with Gasteiger partial charge in [0.05, 0.1) is 35.4 Å². The van der Waals surface area contributed by atoms with Crippen molar-refractivity contribution in [2.45, 2.75) is 19.5 Å². The number of amides is 2. The van der Waals surface area contributed by atoms with Crippen LogP contribution in [0, 0.1) is 0 Å². The fourth-order valence-electron chi connectivity index (χ4n) is 4.09. The van der Waals surface area contributed by atoms with E-state index in [1.807, 2.05) is 73.7 Å². The van der Waals surface area contributed by atoms with Gasteiger partial charge in [-0.05, 0) is 79.7 Å². The first-order chi connectivity index (χ1) is 17.9. The van der Waals surface area contributed by atoms with Gasteiger partial charge in [0.1, 0.15) is 11.6 Å². The maximum absolute atomic E-state index is 13.7. The van der Waals surface area contributed by atoms with Crippen LogP contribution in [0.3, 0.4) is 0 Å². The molecule has 5 rings (SSSR count). The molecule has 3 aromatic carbocycles. The molecule has 0 radical (unpaired) electrons. The van der Waals surface area contributed by atoms with E-state index in [2.05, 4.69) is 37.2 Å². The molecule has 0 aliphatic carbocycles. The monoisotopic (exact) mass is 620 g/mol. The fraction of sp³-hybridized carbons (Fsp3) is 0.107. The van der Waals surface area contributed by atoms with Gasteiger partial charge in [-0.15, -0.1) is 0 Å². The van der Waals surface area contributed by atoms with Crippen LogP contribution in [0.1, 0.15) is 24.6 Å². The second-order valence-corrected chi connectivity index (χ2v) is 10.3. The number of aromatic nitrogens is 2. The molecule has 1 N–H and O–H groups in total. The Kier molecular flexibility index (Phi) is 7.25. The number of halogens is 2. The van der Waals surface area contributed by atoms with E-state index in [0.717, 1.165) is 8.95 Å². The van der Waals surface area contributed by atoms with Crippen LogP contribution in [0.5, 0.6) is 0 Å². The van der Waals surface area contributed by atoms with E-state index < -0.39 is 6.04 Å². The molecule has 0 saturated carbocycles. The minimum absolute atomic E-state index is 0.180. The van der Waals surface area contributed by atoms with Crippen molar-refractivity contribution in [3.8, 4) is 5.69 Å². The fourth-order valence-corrected chi connectivity index (χ4v) is 4.62. The van der Waals surface area contributed by atoms with E-state index in [1.165, 1.54) is 0 Å². The summed E-state index contributed by atoms with van der Waals surface area (Å²) in [4.78, 5) is 33.8. The third-order valence-electron chi connectivity index (χ3n) is 5.99. The quantitative estimate of drug-likeness (QED) is 0.216. The lowest BCUT2D eigenvalue weighted by Gasteiger charge is -2.30. The van der Waals surface area contributed by atoms with E-state index in [-0.39, 0.29) is 18.1 Å². The number of hydrogen-bond donors (Lipinski definition) is 1. The zero-order valence-corrected chi connectivity index (χ0v) is 22.9. The molecule has 0 fully saturated rings. The SMILES string of the molecule is CC(c1nc2ccccc2c(=O)n1-c1ccc(Br)cc1)N(Cc1ccco1)C(=O)Nc1ccc(Br)cc1. The van der Waals surface area contributed by atoms with Crippen LogP contribution in [0.25, 0.3) is 16.6 Å². The second-order valence-electron chi connectivity index (χ2n) is 8.42. The molecule has 2 heterocycles. The van der Waals surface area contributed by atoms with Crippen molar-refractivity contribution in [1.29, 1.82) is 0 Å². The van der Waals surface area contributed by atoms with E-state index in [9.17, 15) is 9.59 Å². The maximum Gasteiger partial charge on any atom is 0.322 e. The van der Waals surface area contributed by atoms with Crippen LogP contribution in [-0.4, -0.2) is 20.5 Å². The topological polar surface area (TPSA) is 80.4 Å². The molecule has 0 bridgehead atoms. The van der Waals surface area contributed by atoms with Crippen LogP contribution >= 0.6 is 31.9 Å². The zero-order valence-electron chi connectivity index (χ0n) is 19.8. The summed E-state index contributed by atoms with van der Waals surface area (Å²) >= 11 is 6.87. The highest BCUT2D eigenvalue weighted by atomic mass is 79.9. The summed E-state index contributed by atoms with van der Waals surface area (Å²) in [6.07, 6.45) is 1.57. The molecule has 186 valence electrons. The van der Waals surface area contributed by atoms with Crippen LogP contribution in [0.2, 0.25) is 0 Å². The minimum Gasteiger partial charge on any atom is -0.467 e. The van der Waals surface area contributed by atoms with Crippen LogP contribution < -0.4 is 10.9 Å². The number of furan rings is 1. The Morgan fingerprint density at radius 3 is 2.32 bits per heavy atom. The van der Waals surface area contributed by atoms with E-state index in [1.54, 1.807) is 33.9 Å². The largest absolute Gasteiger partial charge is 0.467 e. The summed E-state index contributed by atoms with van der Waals surface area (Å²) in [6, 6.07) is 24.6. The predicted octanol–water partition coefficient (Wildman–Crippen LogP) is 7.30. The molecular formula is C28H22Br2N4O3. The molecule has 2 amide bonds. The molecule has 37 heavy (non-hydrogen) atoms. The summed E-state index contributed by atoms with van der Waals surface area (Å²) in [6.45, 7) is 2.04. The molecule has 1 atom stereocenters. The Hall–Kier alpha value is -3.69. The number of carbonyl (C=O) groups excluding carboxylic acids is 1. The van der Waals surface area contributed by atoms with Gasteiger partial charge in [-0.1, -0.05) is 44.0 Å². The van der Waals surface area contributed by atoms with Gasteiger partial charge >= 0.3 is 6.03 Å². The third kappa shape index (κ3) is 5.38. The van der Waals surface area contributed by atoms with Crippen molar-refractivity contribution < 1.29 is 9.21 Å². The number of para-hydroxylation sites is 1. The number of rotatable bonds is 6. The van der Waals surface area contributed by atoms with Gasteiger partial charge in [0.15, 0.2) is 0 Å². The molecule has 0 aliphatic rings. The van der Waals surface area contributed by atoms with Gasteiger partial charge in [0.2, 0.25) is 0 Å². The number of benzene rings is 3. The van der Waals surface area contributed by atoms with Crippen molar-refractivity contribution in [2.24, 2.45) is 0 Å². The van der Waals surface area contributed by atoms with E-state index >= 15 is 0 Å². The number of carbonyl (C=O) groups is 1. The molecule has 0 saturated heterocycles. The summed E-state index contributed by atoms with van der Waals surface area (Å²) in [5, 5.41) is 3.45. The van der Waals surface area contributed by atoms with Crippen molar-refractivity contribution in [2.75, 3.05) is 5.32 Å². The number of nitrogens with one attached hydrogen (secondary N) is 1.